The molecule has 0 saturated carbocycles. The maximum atomic E-state index is 12.1. The lowest BCUT2D eigenvalue weighted by atomic mass is 9.98. The van der Waals surface area contributed by atoms with Crippen LogP contribution in [0.1, 0.15) is 38.6 Å². The number of imidazole rings is 2. The molecule has 0 spiro atoms. The summed E-state index contributed by atoms with van der Waals surface area (Å²) in [7, 11) is 0. The van der Waals surface area contributed by atoms with E-state index < -0.39 is 0 Å². The van der Waals surface area contributed by atoms with Gasteiger partial charge in [0.1, 0.15) is 5.82 Å². The molecule has 1 amide bonds. The zero-order chi connectivity index (χ0) is 23.9. The molecular formula is C29H27N5O. The number of nitrogens with zero attached hydrogens (tertiary/aromatic N) is 3. The Labute approximate surface area is 204 Å². The maximum absolute atomic E-state index is 12.1. The fourth-order valence-electron chi connectivity index (χ4n) is 5.28. The summed E-state index contributed by atoms with van der Waals surface area (Å²) in [6.45, 7) is 3.75. The van der Waals surface area contributed by atoms with Crippen LogP contribution in [0.2, 0.25) is 0 Å². The van der Waals surface area contributed by atoms with Gasteiger partial charge in [-0.3, -0.25) is 4.79 Å². The number of amides is 1. The molecule has 1 aliphatic rings. The SMILES string of the molecule is CC(=O)N1[C@@H](C)CC[C@H]1c1ncc(-c2ccc(-c3ccc4cc(-c5cnc[nH]5)ccc4c3)cc2)[nH]1. The number of aromatic nitrogens is 4. The molecule has 5 aromatic rings. The van der Waals surface area contributed by atoms with Crippen LogP contribution in [0.5, 0.6) is 0 Å². The Kier molecular flexibility index (Phi) is 5.21. The molecule has 174 valence electrons. The van der Waals surface area contributed by atoms with Gasteiger partial charge in [0.15, 0.2) is 0 Å². The monoisotopic (exact) mass is 461 g/mol. The molecule has 3 aromatic carbocycles. The number of H-pyrrole nitrogens is 2. The Morgan fingerprint density at radius 2 is 1.54 bits per heavy atom. The van der Waals surface area contributed by atoms with E-state index in [9.17, 15) is 4.79 Å². The Morgan fingerprint density at radius 3 is 2.26 bits per heavy atom. The topological polar surface area (TPSA) is 77.7 Å². The van der Waals surface area contributed by atoms with Gasteiger partial charge in [0.2, 0.25) is 5.91 Å². The fourth-order valence-corrected chi connectivity index (χ4v) is 5.28. The lowest BCUT2D eigenvalue weighted by Gasteiger charge is -2.25. The highest BCUT2D eigenvalue weighted by molar-refractivity contribution is 5.90. The first-order valence-electron chi connectivity index (χ1n) is 12.0. The summed E-state index contributed by atoms with van der Waals surface area (Å²) >= 11 is 0. The van der Waals surface area contributed by atoms with Crippen LogP contribution in [-0.4, -0.2) is 36.8 Å². The third kappa shape index (κ3) is 3.91. The first kappa shape index (κ1) is 21.4. The van der Waals surface area contributed by atoms with Crippen molar-refractivity contribution in [2.75, 3.05) is 0 Å². The number of fused-ring (bicyclic) bond motifs is 1. The Balaban J connectivity index is 1.24. The quantitative estimate of drug-likeness (QED) is 0.327. The lowest BCUT2D eigenvalue weighted by Crippen LogP contribution is -2.34. The first-order chi connectivity index (χ1) is 17.1. The Hall–Kier alpha value is -4.19. The number of benzene rings is 3. The van der Waals surface area contributed by atoms with E-state index in [0.717, 1.165) is 41.2 Å². The average molecular weight is 462 g/mol. The number of hydrogen-bond donors (Lipinski definition) is 2. The molecule has 3 heterocycles. The summed E-state index contributed by atoms with van der Waals surface area (Å²) < 4.78 is 0. The van der Waals surface area contributed by atoms with Gasteiger partial charge in [-0.25, -0.2) is 9.97 Å². The summed E-state index contributed by atoms with van der Waals surface area (Å²) in [6.07, 6.45) is 7.36. The molecule has 2 aromatic heterocycles. The predicted molar refractivity (Wildman–Crippen MR) is 139 cm³/mol. The van der Waals surface area contributed by atoms with Crippen LogP contribution in [0, 0.1) is 0 Å². The van der Waals surface area contributed by atoms with Crippen molar-refractivity contribution in [3.8, 4) is 33.6 Å². The molecular weight excluding hydrogens is 434 g/mol. The average Bonchev–Trinajstić information content (AvgIpc) is 3.64. The van der Waals surface area contributed by atoms with Gasteiger partial charge in [0.05, 0.1) is 36.2 Å². The van der Waals surface area contributed by atoms with Crippen molar-refractivity contribution in [3.05, 3.63) is 85.2 Å². The summed E-state index contributed by atoms with van der Waals surface area (Å²) in [5.41, 5.74) is 6.55. The number of rotatable bonds is 4. The third-order valence-electron chi connectivity index (χ3n) is 7.12. The smallest absolute Gasteiger partial charge is 0.220 e. The van der Waals surface area contributed by atoms with Gasteiger partial charge in [0.25, 0.3) is 0 Å². The molecule has 35 heavy (non-hydrogen) atoms. The van der Waals surface area contributed by atoms with Gasteiger partial charge in [-0.15, -0.1) is 0 Å². The van der Waals surface area contributed by atoms with Crippen LogP contribution < -0.4 is 0 Å². The molecule has 0 bridgehead atoms. The van der Waals surface area contributed by atoms with Crippen molar-refractivity contribution < 1.29 is 4.79 Å². The molecule has 6 nitrogen and oxygen atoms in total. The molecule has 1 fully saturated rings. The molecule has 0 radical (unpaired) electrons. The summed E-state index contributed by atoms with van der Waals surface area (Å²) in [5.74, 6) is 0.975. The molecule has 6 heteroatoms. The van der Waals surface area contributed by atoms with E-state index in [1.807, 2.05) is 17.3 Å². The van der Waals surface area contributed by atoms with Gasteiger partial charge in [-0.2, -0.15) is 0 Å². The molecule has 1 saturated heterocycles. The van der Waals surface area contributed by atoms with E-state index in [4.69, 9.17) is 0 Å². The number of aromatic amines is 2. The van der Waals surface area contributed by atoms with E-state index in [-0.39, 0.29) is 18.0 Å². The zero-order valence-electron chi connectivity index (χ0n) is 19.8. The highest BCUT2D eigenvalue weighted by Gasteiger charge is 2.35. The number of hydrogen-bond acceptors (Lipinski definition) is 3. The fraction of sp³-hybridized carbons (Fsp3) is 0.207. The van der Waals surface area contributed by atoms with Crippen molar-refractivity contribution >= 4 is 16.7 Å². The van der Waals surface area contributed by atoms with Crippen LogP contribution >= 0.6 is 0 Å². The van der Waals surface area contributed by atoms with Crippen LogP contribution in [0.3, 0.4) is 0 Å². The lowest BCUT2D eigenvalue weighted by molar-refractivity contribution is -0.131. The van der Waals surface area contributed by atoms with Crippen molar-refractivity contribution in [1.82, 2.24) is 24.8 Å². The molecule has 1 aliphatic heterocycles. The number of nitrogens with one attached hydrogen (secondary N) is 2. The second kappa shape index (κ2) is 8.55. The van der Waals surface area contributed by atoms with Crippen LogP contribution in [-0.2, 0) is 4.79 Å². The minimum Gasteiger partial charge on any atom is -0.345 e. The molecule has 2 atom stereocenters. The van der Waals surface area contributed by atoms with Gasteiger partial charge < -0.3 is 14.9 Å². The summed E-state index contributed by atoms with van der Waals surface area (Å²) in [4.78, 5) is 29.4. The van der Waals surface area contributed by atoms with Crippen molar-refractivity contribution in [3.63, 3.8) is 0 Å². The standard InChI is InChI=1S/C29H27N5O/c1-18-3-12-28(34(18)19(2)35)29-31-16-27(33-29)21-6-4-20(5-7-21)22-8-9-24-14-25(11-10-23(24)13-22)26-15-30-17-32-26/h4-11,13-18,28H,3,12H2,1-2H3,(H,30,32)(H,31,33)/t18-,28-/m0/s1. The number of carbonyl (C=O) groups is 1. The predicted octanol–water partition coefficient (Wildman–Crippen LogP) is 6.36. The second-order valence-electron chi connectivity index (χ2n) is 9.37. The van der Waals surface area contributed by atoms with Gasteiger partial charge in [-0.05, 0) is 59.4 Å². The van der Waals surface area contributed by atoms with Crippen molar-refractivity contribution in [1.29, 1.82) is 0 Å². The van der Waals surface area contributed by atoms with Crippen LogP contribution in [0.15, 0.2) is 79.4 Å². The summed E-state index contributed by atoms with van der Waals surface area (Å²) in [5, 5.41) is 2.40. The highest BCUT2D eigenvalue weighted by atomic mass is 16.2. The summed E-state index contributed by atoms with van der Waals surface area (Å²) in [6, 6.07) is 21.9. The minimum absolute atomic E-state index is 0.0295. The molecule has 2 N–H and O–H groups in total. The number of likely N-dealkylation sites (tertiary alicyclic amines) is 1. The van der Waals surface area contributed by atoms with E-state index in [1.165, 1.54) is 21.9 Å². The Morgan fingerprint density at radius 1 is 0.857 bits per heavy atom. The second-order valence-corrected chi connectivity index (χ2v) is 9.37. The van der Waals surface area contributed by atoms with E-state index in [1.54, 1.807) is 13.3 Å². The molecule has 6 rings (SSSR count). The van der Waals surface area contributed by atoms with Gasteiger partial charge >= 0.3 is 0 Å². The van der Waals surface area contributed by atoms with Crippen LogP contribution in [0.25, 0.3) is 44.4 Å². The van der Waals surface area contributed by atoms with Gasteiger partial charge in [0, 0.05) is 18.5 Å². The van der Waals surface area contributed by atoms with Crippen LogP contribution in [0.4, 0.5) is 0 Å². The minimum atomic E-state index is 0.0295. The molecule has 0 aliphatic carbocycles. The van der Waals surface area contributed by atoms with Crippen molar-refractivity contribution in [2.45, 2.75) is 38.8 Å². The highest BCUT2D eigenvalue weighted by Crippen LogP contribution is 2.36. The normalized spacial score (nSPS) is 17.8. The molecule has 0 unspecified atom stereocenters. The van der Waals surface area contributed by atoms with E-state index in [2.05, 4.69) is 87.5 Å². The maximum Gasteiger partial charge on any atom is 0.220 e. The largest absolute Gasteiger partial charge is 0.345 e. The zero-order valence-corrected chi connectivity index (χ0v) is 19.8. The van der Waals surface area contributed by atoms with Crippen molar-refractivity contribution in [2.24, 2.45) is 0 Å². The first-order valence-corrected chi connectivity index (χ1v) is 12.0. The van der Waals surface area contributed by atoms with Gasteiger partial charge in [-0.1, -0.05) is 48.5 Å². The van der Waals surface area contributed by atoms with E-state index >= 15 is 0 Å². The third-order valence-corrected chi connectivity index (χ3v) is 7.12. The van der Waals surface area contributed by atoms with E-state index in [0.29, 0.717) is 0 Å². The number of carbonyl (C=O) groups excluding carboxylic acids is 1. The Bertz CT molecular complexity index is 1500.